The van der Waals surface area contributed by atoms with Crippen LogP contribution in [0.5, 0.6) is 11.5 Å². The molecule has 3 aromatic rings. The zero-order valence-corrected chi connectivity index (χ0v) is 27.1. The monoisotopic (exact) mass is 629 g/mol. The Morgan fingerprint density at radius 1 is 0.930 bits per heavy atom. The fraction of sp³-hybridized carbons (Fsp3) is 0.375. The van der Waals surface area contributed by atoms with E-state index >= 15 is 0 Å². The highest BCUT2D eigenvalue weighted by atomic mass is 35.5. The molecular formula is C32H40ClN3O6S. The van der Waals surface area contributed by atoms with Crippen molar-refractivity contribution in [2.24, 2.45) is 0 Å². The quantitative estimate of drug-likeness (QED) is 0.252. The number of hydrogen-bond acceptors (Lipinski definition) is 6. The molecule has 232 valence electrons. The van der Waals surface area contributed by atoms with E-state index in [0.29, 0.717) is 35.0 Å². The van der Waals surface area contributed by atoms with Crippen molar-refractivity contribution < 1.29 is 27.5 Å². The van der Waals surface area contributed by atoms with Gasteiger partial charge in [0.25, 0.3) is 10.0 Å². The van der Waals surface area contributed by atoms with Crippen LogP contribution in [-0.4, -0.2) is 58.5 Å². The summed E-state index contributed by atoms with van der Waals surface area (Å²) in [6.07, 6.45) is 1.04. The van der Waals surface area contributed by atoms with Gasteiger partial charge >= 0.3 is 0 Å². The predicted octanol–water partition coefficient (Wildman–Crippen LogP) is 5.50. The Balaban J connectivity index is 2.14. The Hall–Kier alpha value is -3.76. The molecule has 0 bridgehead atoms. The van der Waals surface area contributed by atoms with E-state index in [1.165, 1.54) is 37.3 Å². The van der Waals surface area contributed by atoms with Crippen LogP contribution in [0.1, 0.15) is 43.4 Å². The number of methoxy groups -OCH3 is 2. The highest BCUT2D eigenvalue weighted by Crippen LogP contribution is 2.33. The molecule has 0 heterocycles. The topological polar surface area (TPSA) is 105 Å². The van der Waals surface area contributed by atoms with Crippen LogP contribution in [0.4, 0.5) is 5.69 Å². The molecular weight excluding hydrogens is 590 g/mol. The highest BCUT2D eigenvalue weighted by Gasteiger charge is 2.34. The maximum Gasteiger partial charge on any atom is 0.264 e. The Bertz CT molecular complexity index is 1530. The molecule has 2 amide bonds. The van der Waals surface area contributed by atoms with Crippen LogP contribution in [0, 0.1) is 13.8 Å². The first-order chi connectivity index (χ1) is 20.5. The number of amides is 2. The molecule has 0 aromatic heterocycles. The van der Waals surface area contributed by atoms with Gasteiger partial charge in [-0.2, -0.15) is 0 Å². The third-order valence-electron chi connectivity index (χ3n) is 6.95. The van der Waals surface area contributed by atoms with E-state index in [1.807, 2.05) is 33.8 Å². The highest BCUT2D eigenvalue weighted by molar-refractivity contribution is 7.92. The third kappa shape index (κ3) is 8.20. The van der Waals surface area contributed by atoms with Crippen molar-refractivity contribution in [2.75, 3.05) is 31.6 Å². The first kappa shape index (κ1) is 33.7. The molecule has 1 N–H and O–H groups in total. The van der Waals surface area contributed by atoms with Gasteiger partial charge in [-0.1, -0.05) is 49.7 Å². The fourth-order valence-electron chi connectivity index (χ4n) is 4.82. The zero-order chi connectivity index (χ0) is 31.7. The standard InChI is InChI=1S/C32H40ClN3O6S/c1-7-15-34-32(38)28(8-2)35(20-24-11-9-10-12-27(24)33)31(37)21-36(25-17-22(3)16-23(4)18-25)43(39,40)26-13-14-29(41-5)30(19-26)42-6/h9-14,16-19,28H,7-8,15,20-21H2,1-6H3,(H,34,38)/t28-/m0/s1. The molecule has 11 heteroatoms. The van der Waals surface area contributed by atoms with E-state index in [1.54, 1.807) is 36.4 Å². The average molecular weight is 630 g/mol. The predicted molar refractivity (Wildman–Crippen MR) is 169 cm³/mol. The number of sulfonamides is 1. The molecule has 3 rings (SSSR count). The molecule has 0 aliphatic heterocycles. The maximum atomic E-state index is 14.3. The summed E-state index contributed by atoms with van der Waals surface area (Å²) in [5.74, 6) is -0.272. The van der Waals surface area contributed by atoms with Crippen molar-refractivity contribution >= 4 is 39.1 Å². The summed E-state index contributed by atoms with van der Waals surface area (Å²) in [6, 6.07) is 15.8. The van der Waals surface area contributed by atoms with Gasteiger partial charge in [0.15, 0.2) is 11.5 Å². The average Bonchev–Trinajstić information content (AvgIpc) is 2.98. The molecule has 0 fully saturated rings. The minimum atomic E-state index is -4.30. The number of nitrogens with one attached hydrogen (secondary N) is 1. The normalized spacial score (nSPS) is 11.9. The van der Waals surface area contributed by atoms with Gasteiger partial charge in [-0.3, -0.25) is 13.9 Å². The summed E-state index contributed by atoms with van der Waals surface area (Å²) >= 11 is 6.46. The van der Waals surface area contributed by atoms with Crippen LogP contribution < -0.4 is 19.1 Å². The largest absolute Gasteiger partial charge is 0.493 e. The first-order valence-electron chi connectivity index (χ1n) is 14.1. The molecule has 0 spiro atoms. The van der Waals surface area contributed by atoms with Gasteiger partial charge in [0.1, 0.15) is 12.6 Å². The van der Waals surface area contributed by atoms with Crippen molar-refractivity contribution in [2.45, 2.75) is 58.0 Å². The molecule has 9 nitrogen and oxygen atoms in total. The number of aryl methyl sites for hydroxylation is 2. The Kier molecular flexibility index (Phi) is 11.9. The van der Waals surface area contributed by atoms with Crippen LogP contribution >= 0.6 is 11.6 Å². The van der Waals surface area contributed by atoms with Gasteiger partial charge in [-0.05, 0) is 73.7 Å². The van der Waals surface area contributed by atoms with Gasteiger partial charge in [0, 0.05) is 24.2 Å². The Morgan fingerprint density at radius 2 is 1.58 bits per heavy atom. The lowest BCUT2D eigenvalue weighted by atomic mass is 10.1. The van der Waals surface area contributed by atoms with Gasteiger partial charge in [-0.15, -0.1) is 0 Å². The van der Waals surface area contributed by atoms with E-state index < -0.39 is 28.5 Å². The van der Waals surface area contributed by atoms with E-state index in [-0.39, 0.29) is 23.1 Å². The number of carbonyl (C=O) groups excluding carboxylic acids is 2. The molecule has 0 saturated heterocycles. The lowest BCUT2D eigenvalue weighted by molar-refractivity contribution is -0.140. The van der Waals surface area contributed by atoms with Gasteiger partial charge < -0.3 is 19.7 Å². The summed E-state index contributed by atoms with van der Waals surface area (Å²) < 4.78 is 40.3. The second kappa shape index (κ2) is 15.1. The van der Waals surface area contributed by atoms with Crippen LogP contribution in [0.3, 0.4) is 0 Å². The fourth-order valence-corrected chi connectivity index (χ4v) is 6.43. The van der Waals surface area contributed by atoms with Gasteiger partial charge in [-0.25, -0.2) is 8.42 Å². The van der Waals surface area contributed by atoms with Crippen molar-refractivity contribution in [3.8, 4) is 11.5 Å². The number of benzene rings is 3. The van der Waals surface area contributed by atoms with Crippen molar-refractivity contribution in [1.29, 1.82) is 0 Å². The summed E-state index contributed by atoms with van der Waals surface area (Å²) in [7, 11) is -1.42. The first-order valence-corrected chi connectivity index (χ1v) is 15.9. The molecule has 1 atom stereocenters. The second-order valence-corrected chi connectivity index (χ2v) is 12.5. The summed E-state index contributed by atoms with van der Waals surface area (Å²) in [5, 5.41) is 3.31. The smallest absolute Gasteiger partial charge is 0.264 e. The van der Waals surface area contributed by atoms with Gasteiger partial charge in [0.2, 0.25) is 11.8 Å². The molecule has 0 aliphatic carbocycles. The summed E-state index contributed by atoms with van der Waals surface area (Å²) in [4.78, 5) is 28.8. The Morgan fingerprint density at radius 3 is 2.16 bits per heavy atom. The van der Waals surface area contributed by atoms with Crippen LogP contribution in [0.25, 0.3) is 0 Å². The van der Waals surface area contributed by atoms with Crippen molar-refractivity contribution in [3.63, 3.8) is 0 Å². The van der Waals surface area contributed by atoms with Crippen LogP contribution in [0.15, 0.2) is 65.6 Å². The zero-order valence-electron chi connectivity index (χ0n) is 25.5. The number of halogens is 1. The Labute approximate surface area is 259 Å². The van der Waals surface area contributed by atoms with Crippen molar-refractivity contribution in [1.82, 2.24) is 10.2 Å². The SMILES string of the molecule is CCCNC(=O)[C@H](CC)N(Cc1ccccc1Cl)C(=O)CN(c1cc(C)cc(C)c1)S(=O)(=O)c1ccc(OC)c(OC)c1. The van der Waals surface area contributed by atoms with Crippen LogP contribution in [-0.2, 0) is 26.2 Å². The lowest BCUT2D eigenvalue weighted by Crippen LogP contribution is -2.52. The van der Waals surface area contributed by atoms with Gasteiger partial charge in [0.05, 0.1) is 24.8 Å². The second-order valence-electron chi connectivity index (χ2n) is 10.2. The molecule has 0 unspecified atom stereocenters. The number of carbonyl (C=O) groups is 2. The van der Waals surface area contributed by atoms with E-state index in [4.69, 9.17) is 21.1 Å². The molecule has 0 aliphatic rings. The summed E-state index contributed by atoms with van der Waals surface area (Å²) in [6.45, 7) is 7.38. The minimum Gasteiger partial charge on any atom is -0.493 e. The number of ether oxygens (including phenoxy) is 2. The van der Waals surface area contributed by atoms with E-state index in [9.17, 15) is 18.0 Å². The maximum absolute atomic E-state index is 14.3. The van der Waals surface area contributed by atoms with Crippen LogP contribution in [0.2, 0.25) is 5.02 Å². The van der Waals surface area contributed by atoms with E-state index in [0.717, 1.165) is 21.9 Å². The molecule has 0 saturated carbocycles. The number of rotatable bonds is 14. The number of anilines is 1. The van der Waals surface area contributed by atoms with E-state index in [2.05, 4.69) is 5.32 Å². The lowest BCUT2D eigenvalue weighted by Gasteiger charge is -2.33. The molecule has 43 heavy (non-hydrogen) atoms. The number of nitrogens with zero attached hydrogens (tertiary/aromatic N) is 2. The molecule has 3 aromatic carbocycles. The van der Waals surface area contributed by atoms with Crippen molar-refractivity contribution in [3.05, 3.63) is 82.4 Å². The minimum absolute atomic E-state index is 0.0215. The summed E-state index contributed by atoms with van der Waals surface area (Å²) in [5.41, 5.74) is 2.61. The molecule has 0 radical (unpaired) electrons. The third-order valence-corrected chi connectivity index (χ3v) is 9.09. The number of hydrogen-bond donors (Lipinski definition) is 1.